The average molecular weight is 406 g/mol. The summed E-state index contributed by atoms with van der Waals surface area (Å²) in [5.41, 5.74) is 3.02. The molecule has 1 aliphatic carbocycles. The molecule has 29 heavy (non-hydrogen) atoms. The number of nitrogens with one attached hydrogen (secondary N) is 1. The molecule has 1 saturated heterocycles. The molecular formula is C22H23N5OS. The van der Waals surface area contributed by atoms with Gasteiger partial charge in [0.1, 0.15) is 16.5 Å². The van der Waals surface area contributed by atoms with E-state index in [-0.39, 0.29) is 0 Å². The molecule has 3 aromatic rings. The van der Waals surface area contributed by atoms with E-state index in [0.717, 1.165) is 67.8 Å². The summed E-state index contributed by atoms with van der Waals surface area (Å²) in [6.07, 6.45) is 4.73. The van der Waals surface area contributed by atoms with Crippen LogP contribution in [-0.4, -0.2) is 41.2 Å². The highest BCUT2D eigenvalue weighted by atomic mass is 32.1. The molecule has 0 bridgehead atoms. The van der Waals surface area contributed by atoms with Crippen molar-refractivity contribution in [3.8, 4) is 6.07 Å². The summed E-state index contributed by atoms with van der Waals surface area (Å²) in [5.74, 6) is 1.75. The Morgan fingerprint density at radius 1 is 1.10 bits per heavy atom. The van der Waals surface area contributed by atoms with E-state index in [4.69, 9.17) is 20.0 Å². The minimum absolute atomic E-state index is 0.657. The zero-order valence-corrected chi connectivity index (χ0v) is 17.1. The molecule has 1 aromatic carbocycles. The number of thiophene rings is 1. The zero-order valence-electron chi connectivity index (χ0n) is 16.3. The molecule has 148 valence electrons. The molecule has 7 heteroatoms. The van der Waals surface area contributed by atoms with Gasteiger partial charge in [-0.3, -0.25) is 4.90 Å². The number of aryl methyl sites for hydroxylation is 2. The first-order valence-electron chi connectivity index (χ1n) is 10.2. The van der Waals surface area contributed by atoms with Gasteiger partial charge in [-0.2, -0.15) is 5.26 Å². The van der Waals surface area contributed by atoms with Crippen molar-refractivity contribution in [1.29, 1.82) is 5.26 Å². The number of hydrogen-bond donors (Lipinski definition) is 1. The summed E-state index contributed by atoms with van der Waals surface area (Å²) in [7, 11) is 0. The molecule has 0 spiro atoms. The molecule has 1 aliphatic heterocycles. The Balaban J connectivity index is 1.54. The molecular weight excluding hydrogens is 382 g/mol. The highest BCUT2D eigenvalue weighted by Gasteiger charge is 2.22. The third kappa shape index (κ3) is 3.84. The minimum atomic E-state index is 0.657. The molecule has 2 aliphatic rings. The van der Waals surface area contributed by atoms with Crippen LogP contribution in [0.2, 0.25) is 0 Å². The lowest BCUT2D eigenvalue weighted by Crippen LogP contribution is -2.36. The first-order valence-corrected chi connectivity index (χ1v) is 11.0. The SMILES string of the molecule is N#Cc1ccc(Nc2nc(CN3CCOCC3)nc3sc4c(c23)CCCC4)cc1. The lowest BCUT2D eigenvalue weighted by atomic mass is 9.97. The second-order valence-corrected chi connectivity index (χ2v) is 8.67. The van der Waals surface area contributed by atoms with Crippen molar-refractivity contribution >= 4 is 33.1 Å². The van der Waals surface area contributed by atoms with Crippen LogP contribution < -0.4 is 5.32 Å². The van der Waals surface area contributed by atoms with E-state index in [9.17, 15) is 0 Å². The van der Waals surface area contributed by atoms with E-state index in [1.165, 1.54) is 28.7 Å². The van der Waals surface area contributed by atoms with Crippen molar-refractivity contribution in [2.75, 3.05) is 31.6 Å². The highest BCUT2D eigenvalue weighted by Crippen LogP contribution is 2.39. The third-order valence-electron chi connectivity index (χ3n) is 5.61. The predicted octanol–water partition coefficient (Wildman–Crippen LogP) is 4.02. The monoisotopic (exact) mass is 405 g/mol. The van der Waals surface area contributed by atoms with Gasteiger partial charge < -0.3 is 10.1 Å². The number of nitrogens with zero attached hydrogens (tertiary/aromatic N) is 4. The average Bonchev–Trinajstić information content (AvgIpc) is 3.13. The molecule has 1 N–H and O–H groups in total. The van der Waals surface area contributed by atoms with E-state index in [2.05, 4.69) is 16.3 Å². The fourth-order valence-electron chi connectivity index (χ4n) is 4.09. The number of fused-ring (bicyclic) bond motifs is 3. The van der Waals surface area contributed by atoms with Gasteiger partial charge in [0.25, 0.3) is 0 Å². The van der Waals surface area contributed by atoms with Gasteiger partial charge >= 0.3 is 0 Å². The smallest absolute Gasteiger partial charge is 0.146 e. The van der Waals surface area contributed by atoms with Crippen molar-refractivity contribution in [3.05, 3.63) is 46.1 Å². The van der Waals surface area contributed by atoms with Gasteiger partial charge in [-0.05, 0) is 55.5 Å². The van der Waals surface area contributed by atoms with Crippen molar-refractivity contribution in [2.24, 2.45) is 0 Å². The fraction of sp³-hybridized carbons (Fsp3) is 0.409. The maximum Gasteiger partial charge on any atom is 0.146 e. The summed E-state index contributed by atoms with van der Waals surface area (Å²) in [6.45, 7) is 4.11. The second kappa shape index (κ2) is 8.07. The van der Waals surface area contributed by atoms with E-state index in [0.29, 0.717) is 5.56 Å². The van der Waals surface area contributed by atoms with Gasteiger partial charge in [0.2, 0.25) is 0 Å². The molecule has 6 nitrogen and oxygen atoms in total. The topological polar surface area (TPSA) is 74.1 Å². The molecule has 0 unspecified atom stereocenters. The fourth-order valence-corrected chi connectivity index (χ4v) is 5.37. The second-order valence-electron chi connectivity index (χ2n) is 7.58. The number of morpholine rings is 1. The molecule has 5 rings (SSSR count). The summed E-state index contributed by atoms with van der Waals surface area (Å²) in [6, 6.07) is 9.71. The minimum Gasteiger partial charge on any atom is -0.379 e. The highest BCUT2D eigenvalue weighted by molar-refractivity contribution is 7.19. The number of nitriles is 1. The number of rotatable bonds is 4. The van der Waals surface area contributed by atoms with Gasteiger partial charge in [0.15, 0.2) is 0 Å². The molecule has 1 fully saturated rings. The molecule has 0 atom stereocenters. The predicted molar refractivity (Wildman–Crippen MR) is 115 cm³/mol. The van der Waals surface area contributed by atoms with Crippen LogP contribution in [0.1, 0.15) is 34.7 Å². The van der Waals surface area contributed by atoms with Gasteiger partial charge in [-0.25, -0.2) is 9.97 Å². The maximum absolute atomic E-state index is 9.05. The number of aromatic nitrogens is 2. The van der Waals surface area contributed by atoms with Crippen LogP contribution in [0.15, 0.2) is 24.3 Å². The van der Waals surface area contributed by atoms with Crippen molar-refractivity contribution in [1.82, 2.24) is 14.9 Å². The van der Waals surface area contributed by atoms with Gasteiger partial charge in [-0.1, -0.05) is 0 Å². The Hall–Kier alpha value is -2.53. The number of anilines is 2. The Labute approximate surface area is 174 Å². The summed E-state index contributed by atoms with van der Waals surface area (Å²) < 4.78 is 5.47. The van der Waals surface area contributed by atoms with E-state index in [1.807, 2.05) is 35.6 Å². The van der Waals surface area contributed by atoms with Crippen LogP contribution in [0.4, 0.5) is 11.5 Å². The van der Waals surface area contributed by atoms with Crippen LogP contribution in [0.3, 0.4) is 0 Å². The summed E-state index contributed by atoms with van der Waals surface area (Å²) in [5, 5.41) is 13.7. The summed E-state index contributed by atoms with van der Waals surface area (Å²) >= 11 is 1.83. The lowest BCUT2D eigenvalue weighted by Gasteiger charge is -2.25. The first kappa shape index (κ1) is 18.5. The van der Waals surface area contributed by atoms with Gasteiger partial charge in [0.05, 0.1) is 36.8 Å². The van der Waals surface area contributed by atoms with Gasteiger partial charge in [-0.15, -0.1) is 11.3 Å². The zero-order chi connectivity index (χ0) is 19.6. The van der Waals surface area contributed by atoms with Crippen molar-refractivity contribution in [2.45, 2.75) is 32.2 Å². The van der Waals surface area contributed by atoms with E-state index < -0.39 is 0 Å². The Bertz CT molecular complexity index is 1060. The molecule has 3 heterocycles. The maximum atomic E-state index is 9.05. The van der Waals surface area contributed by atoms with Crippen LogP contribution >= 0.6 is 11.3 Å². The quantitative estimate of drug-likeness (QED) is 0.707. The molecule has 0 saturated carbocycles. The standard InChI is InChI=1S/C22H23N5OS/c23-13-15-5-7-16(8-6-15)24-21-20-17-3-1-2-4-18(17)29-22(20)26-19(25-21)14-27-9-11-28-12-10-27/h5-8H,1-4,9-12,14H2,(H,24,25,26). The molecule has 0 amide bonds. The van der Waals surface area contributed by atoms with E-state index in [1.54, 1.807) is 0 Å². The Morgan fingerprint density at radius 3 is 2.69 bits per heavy atom. The van der Waals surface area contributed by atoms with Gasteiger partial charge in [0, 0.05) is 23.7 Å². The van der Waals surface area contributed by atoms with Crippen molar-refractivity contribution in [3.63, 3.8) is 0 Å². The number of benzene rings is 1. The number of ether oxygens (including phenoxy) is 1. The summed E-state index contributed by atoms with van der Waals surface area (Å²) in [4.78, 5) is 14.8. The Morgan fingerprint density at radius 2 is 1.90 bits per heavy atom. The van der Waals surface area contributed by atoms with Crippen LogP contribution in [0.5, 0.6) is 0 Å². The normalized spacial score (nSPS) is 17.1. The first-order chi connectivity index (χ1) is 14.3. The van der Waals surface area contributed by atoms with Crippen LogP contribution in [-0.2, 0) is 24.1 Å². The number of hydrogen-bond acceptors (Lipinski definition) is 7. The van der Waals surface area contributed by atoms with E-state index >= 15 is 0 Å². The van der Waals surface area contributed by atoms with Crippen LogP contribution in [0.25, 0.3) is 10.2 Å². The molecule has 2 aromatic heterocycles. The lowest BCUT2D eigenvalue weighted by molar-refractivity contribution is 0.0331. The molecule has 0 radical (unpaired) electrons. The largest absolute Gasteiger partial charge is 0.379 e. The van der Waals surface area contributed by atoms with Crippen LogP contribution in [0, 0.1) is 11.3 Å². The third-order valence-corrected chi connectivity index (χ3v) is 6.79. The Kier molecular flexibility index (Phi) is 5.15. The van der Waals surface area contributed by atoms with Crippen molar-refractivity contribution < 1.29 is 4.74 Å².